The van der Waals surface area contributed by atoms with Gasteiger partial charge in [0.25, 0.3) is 0 Å². The summed E-state index contributed by atoms with van der Waals surface area (Å²) in [6, 6.07) is 1.13. The summed E-state index contributed by atoms with van der Waals surface area (Å²) in [7, 11) is 1.87. The summed E-state index contributed by atoms with van der Waals surface area (Å²) in [5.74, 6) is 1.59. The van der Waals surface area contributed by atoms with E-state index >= 15 is 0 Å². The number of ether oxygens (including phenoxy) is 1. The third-order valence-corrected chi connectivity index (χ3v) is 4.93. The summed E-state index contributed by atoms with van der Waals surface area (Å²) in [5, 5.41) is 7.15. The Morgan fingerprint density at radius 2 is 1.83 bits per heavy atom. The molecule has 2 aliphatic rings. The molecule has 0 aromatic rings. The molecule has 1 saturated heterocycles. The van der Waals surface area contributed by atoms with Crippen molar-refractivity contribution in [2.75, 3.05) is 39.9 Å². The number of morpholine rings is 1. The lowest BCUT2D eigenvalue weighted by molar-refractivity contribution is 0.00751. The third-order valence-electron chi connectivity index (χ3n) is 4.93. The lowest BCUT2D eigenvalue weighted by Gasteiger charge is -2.37. The van der Waals surface area contributed by atoms with E-state index in [0.717, 1.165) is 38.8 Å². The van der Waals surface area contributed by atoms with Gasteiger partial charge in [-0.15, -0.1) is 24.0 Å². The quantitative estimate of drug-likeness (QED) is 0.394. The van der Waals surface area contributed by atoms with Gasteiger partial charge in [-0.1, -0.05) is 33.1 Å². The molecule has 0 aromatic heterocycles. The van der Waals surface area contributed by atoms with Gasteiger partial charge in [-0.25, -0.2) is 0 Å². The van der Waals surface area contributed by atoms with Crippen LogP contribution in [0, 0.1) is 5.92 Å². The van der Waals surface area contributed by atoms with Crippen molar-refractivity contribution >= 4 is 29.9 Å². The fourth-order valence-corrected chi connectivity index (χ4v) is 3.53. The molecule has 136 valence electrons. The molecule has 2 fully saturated rings. The number of hydrogen-bond acceptors (Lipinski definition) is 3. The Hall–Kier alpha value is -0.0800. The second kappa shape index (κ2) is 11.5. The molecule has 5 nitrogen and oxygen atoms in total. The van der Waals surface area contributed by atoms with Crippen LogP contribution < -0.4 is 10.6 Å². The summed E-state index contributed by atoms with van der Waals surface area (Å²) in [4.78, 5) is 6.96. The first-order valence-corrected chi connectivity index (χ1v) is 8.99. The SMILES string of the molecule is CN=C(NCC(C(C)C)N1CCOCC1)NC1CCCCC1.I. The monoisotopic (exact) mass is 438 g/mol. The summed E-state index contributed by atoms with van der Waals surface area (Å²) in [6.07, 6.45) is 6.63. The number of nitrogens with one attached hydrogen (secondary N) is 2. The van der Waals surface area contributed by atoms with Crippen LogP contribution in [0.25, 0.3) is 0 Å². The molecule has 0 radical (unpaired) electrons. The lowest BCUT2D eigenvalue weighted by atomic mass is 9.96. The number of hydrogen-bond donors (Lipinski definition) is 2. The molecule has 1 atom stereocenters. The fraction of sp³-hybridized carbons (Fsp3) is 0.941. The van der Waals surface area contributed by atoms with Crippen LogP contribution in [0.3, 0.4) is 0 Å². The Bertz CT molecular complexity index is 339. The van der Waals surface area contributed by atoms with Gasteiger partial charge in [-0.05, 0) is 18.8 Å². The van der Waals surface area contributed by atoms with Gasteiger partial charge in [-0.3, -0.25) is 9.89 Å². The van der Waals surface area contributed by atoms with E-state index in [1.807, 2.05) is 7.05 Å². The average Bonchev–Trinajstić information content (AvgIpc) is 2.55. The second-order valence-electron chi connectivity index (χ2n) is 6.89. The van der Waals surface area contributed by atoms with E-state index in [9.17, 15) is 0 Å². The van der Waals surface area contributed by atoms with E-state index in [1.54, 1.807) is 0 Å². The standard InChI is InChI=1S/C17H34N4O.HI/c1-14(2)16(21-9-11-22-12-10-21)13-19-17(18-3)20-15-7-5-4-6-8-15;/h14-16H,4-13H2,1-3H3,(H2,18,19,20);1H. The van der Waals surface area contributed by atoms with Gasteiger partial charge in [0.1, 0.15) is 0 Å². The lowest BCUT2D eigenvalue weighted by Crippen LogP contribution is -2.53. The first-order chi connectivity index (χ1) is 10.7. The molecular weight excluding hydrogens is 403 g/mol. The van der Waals surface area contributed by atoms with Crippen LogP contribution in [0.5, 0.6) is 0 Å². The van der Waals surface area contributed by atoms with Crippen LogP contribution in [0.4, 0.5) is 0 Å². The highest BCUT2D eigenvalue weighted by Gasteiger charge is 2.24. The van der Waals surface area contributed by atoms with E-state index in [4.69, 9.17) is 4.74 Å². The fourth-order valence-electron chi connectivity index (χ4n) is 3.53. The molecule has 1 aliphatic heterocycles. The number of aliphatic imine (C=N–C) groups is 1. The van der Waals surface area contributed by atoms with Gasteiger partial charge in [-0.2, -0.15) is 0 Å². The van der Waals surface area contributed by atoms with Gasteiger partial charge in [0.05, 0.1) is 13.2 Å². The Morgan fingerprint density at radius 1 is 1.17 bits per heavy atom. The minimum Gasteiger partial charge on any atom is -0.379 e. The van der Waals surface area contributed by atoms with E-state index in [0.29, 0.717) is 18.0 Å². The predicted molar refractivity (Wildman–Crippen MR) is 108 cm³/mol. The molecule has 1 saturated carbocycles. The smallest absolute Gasteiger partial charge is 0.191 e. The van der Waals surface area contributed by atoms with Gasteiger partial charge in [0.2, 0.25) is 0 Å². The van der Waals surface area contributed by atoms with Crippen LogP contribution in [0.15, 0.2) is 4.99 Å². The van der Waals surface area contributed by atoms with Crippen molar-refractivity contribution in [3.05, 3.63) is 0 Å². The number of halogens is 1. The average molecular weight is 438 g/mol. The van der Waals surface area contributed by atoms with Crippen LogP contribution in [0.2, 0.25) is 0 Å². The molecule has 0 amide bonds. The largest absolute Gasteiger partial charge is 0.379 e. The summed E-state index contributed by atoms with van der Waals surface area (Å²) in [5.41, 5.74) is 0. The number of guanidine groups is 1. The van der Waals surface area contributed by atoms with Crippen LogP contribution in [-0.4, -0.2) is 62.8 Å². The first kappa shape index (κ1) is 21.0. The summed E-state index contributed by atoms with van der Waals surface area (Å²) >= 11 is 0. The number of nitrogens with zero attached hydrogens (tertiary/aromatic N) is 2. The predicted octanol–water partition coefficient (Wildman–Crippen LogP) is 2.46. The van der Waals surface area contributed by atoms with E-state index in [-0.39, 0.29) is 24.0 Å². The van der Waals surface area contributed by atoms with Crippen molar-refractivity contribution in [3.63, 3.8) is 0 Å². The maximum absolute atomic E-state index is 5.48. The Balaban J connectivity index is 0.00000264. The third kappa shape index (κ3) is 7.13. The minimum absolute atomic E-state index is 0. The molecule has 2 N–H and O–H groups in total. The second-order valence-corrected chi connectivity index (χ2v) is 6.89. The van der Waals surface area contributed by atoms with Gasteiger partial charge in [0, 0.05) is 38.8 Å². The van der Waals surface area contributed by atoms with Gasteiger partial charge >= 0.3 is 0 Å². The van der Waals surface area contributed by atoms with Crippen LogP contribution in [-0.2, 0) is 4.74 Å². The highest BCUT2D eigenvalue weighted by atomic mass is 127. The molecule has 0 bridgehead atoms. The van der Waals surface area contributed by atoms with Crippen molar-refractivity contribution in [2.45, 2.75) is 58.0 Å². The van der Waals surface area contributed by atoms with Crippen LogP contribution in [0.1, 0.15) is 46.0 Å². The summed E-state index contributed by atoms with van der Waals surface area (Å²) < 4.78 is 5.48. The highest BCUT2D eigenvalue weighted by Crippen LogP contribution is 2.17. The Kier molecular flexibility index (Phi) is 10.5. The molecule has 0 aromatic carbocycles. The zero-order valence-corrected chi connectivity index (χ0v) is 17.3. The van der Waals surface area contributed by atoms with Crippen molar-refractivity contribution < 1.29 is 4.74 Å². The normalized spacial score (nSPS) is 22.5. The molecular formula is C17H35IN4O. The van der Waals surface area contributed by atoms with Gasteiger partial charge < -0.3 is 15.4 Å². The first-order valence-electron chi connectivity index (χ1n) is 8.99. The minimum atomic E-state index is 0. The Labute approximate surface area is 159 Å². The topological polar surface area (TPSA) is 48.9 Å². The summed E-state index contributed by atoms with van der Waals surface area (Å²) in [6.45, 7) is 9.36. The molecule has 23 heavy (non-hydrogen) atoms. The van der Waals surface area contributed by atoms with Crippen LogP contribution >= 0.6 is 24.0 Å². The van der Waals surface area contributed by atoms with E-state index in [1.165, 1.54) is 32.1 Å². The number of rotatable bonds is 5. The molecule has 2 rings (SSSR count). The molecule has 6 heteroatoms. The van der Waals surface area contributed by atoms with Crippen molar-refractivity contribution in [2.24, 2.45) is 10.9 Å². The molecule has 0 spiro atoms. The zero-order chi connectivity index (χ0) is 15.8. The van der Waals surface area contributed by atoms with E-state index in [2.05, 4.69) is 34.4 Å². The highest BCUT2D eigenvalue weighted by molar-refractivity contribution is 14.0. The zero-order valence-electron chi connectivity index (χ0n) is 15.0. The maximum atomic E-state index is 5.48. The van der Waals surface area contributed by atoms with Crippen molar-refractivity contribution in [3.8, 4) is 0 Å². The van der Waals surface area contributed by atoms with Crippen molar-refractivity contribution in [1.82, 2.24) is 15.5 Å². The molecule has 1 unspecified atom stereocenters. The molecule has 1 heterocycles. The molecule has 1 aliphatic carbocycles. The van der Waals surface area contributed by atoms with Gasteiger partial charge in [0.15, 0.2) is 5.96 Å². The Morgan fingerprint density at radius 3 is 2.39 bits per heavy atom. The maximum Gasteiger partial charge on any atom is 0.191 e. The van der Waals surface area contributed by atoms with Crippen molar-refractivity contribution in [1.29, 1.82) is 0 Å². The van der Waals surface area contributed by atoms with E-state index < -0.39 is 0 Å².